The number of aryl methyl sites for hydroxylation is 1. The van der Waals surface area contributed by atoms with Crippen molar-refractivity contribution in [2.45, 2.75) is 24.3 Å². The molecule has 150 valence electrons. The number of pyridine rings is 1. The molecule has 0 aliphatic rings. The van der Waals surface area contributed by atoms with E-state index >= 15 is 0 Å². The number of ether oxygens (including phenoxy) is 1. The smallest absolute Gasteiger partial charge is 0.328 e. The van der Waals surface area contributed by atoms with Crippen molar-refractivity contribution in [2.75, 3.05) is 20.7 Å². The van der Waals surface area contributed by atoms with Gasteiger partial charge in [0.15, 0.2) is 0 Å². The zero-order valence-electron chi connectivity index (χ0n) is 16.0. The third kappa shape index (κ3) is 5.61. The molecule has 1 amide bonds. The number of hydrogen-bond acceptors (Lipinski definition) is 6. The number of esters is 1. The Morgan fingerprint density at radius 3 is 2.32 bits per heavy atom. The summed E-state index contributed by atoms with van der Waals surface area (Å²) >= 11 is 0. The van der Waals surface area contributed by atoms with Crippen molar-refractivity contribution in [2.24, 2.45) is 0 Å². The van der Waals surface area contributed by atoms with Crippen molar-refractivity contribution < 1.29 is 22.7 Å². The number of methoxy groups -OCH3 is 1. The molecule has 2 aromatic rings. The number of nitrogens with zero attached hydrogens (tertiary/aromatic N) is 2. The van der Waals surface area contributed by atoms with Gasteiger partial charge >= 0.3 is 5.97 Å². The number of carbonyl (C=O) groups is 2. The zero-order valence-corrected chi connectivity index (χ0v) is 16.8. The zero-order chi connectivity index (χ0) is 20.7. The average molecular weight is 405 g/mol. The average Bonchev–Trinajstić information content (AvgIpc) is 2.67. The lowest BCUT2D eigenvalue weighted by Crippen LogP contribution is -2.47. The largest absolute Gasteiger partial charge is 0.467 e. The van der Waals surface area contributed by atoms with E-state index in [-0.39, 0.29) is 11.3 Å². The van der Waals surface area contributed by atoms with Crippen LogP contribution in [0, 0.1) is 6.92 Å². The molecule has 0 fully saturated rings. The predicted molar refractivity (Wildman–Crippen MR) is 103 cm³/mol. The minimum Gasteiger partial charge on any atom is -0.467 e. The molecule has 8 nitrogen and oxygen atoms in total. The Balaban J connectivity index is 2.06. The van der Waals surface area contributed by atoms with E-state index in [1.165, 1.54) is 26.3 Å². The molecular formula is C19H23N3O5S. The van der Waals surface area contributed by atoms with E-state index in [1.54, 1.807) is 36.7 Å². The fourth-order valence-corrected chi connectivity index (χ4v) is 3.63. The van der Waals surface area contributed by atoms with Crippen LogP contribution in [0.5, 0.6) is 0 Å². The van der Waals surface area contributed by atoms with Crippen molar-refractivity contribution in [3.05, 3.63) is 59.9 Å². The Bertz CT molecular complexity index is 914. The van der Waals surface area contributed by atoms with Crippen LogP contribution < -0.4 is 5.32 Å². The van der Waals surface area contributed by atoms with Gasteiger partial charge in [0.1, 0.15) is 6.04 Å². The molecule has 0 spiro atoms. The molecule has 0 saturated carbocycles. The van der Waals surface area contributed by atoms with Crippen molar-refractivity contribution in [3.63, 3.8) is 0 Å². The van der Waals surface area contributed by atoms with E-state index in [0.29, 0.717) is 0 Å². The number of nitrogens with one attached hydrogen (secondary N) is 1. The summed E-state index contributed by atoms with van der Waals surface area (Å²) in [4.78, 5) is 28.4. The van der Waals surface area contributed by atoms with Gasteiger partial charge in [0, 0.05) is 25.9 Å². The number of benzene rings is 1. The summed E-state index contributed by atoms with van der Waals surface area (Å²) in [5, 5.41) is 2.54. The van der Waals surface area contributed by atoms with E-state index in [0.717, 1.165) is 15.4 Å². The molecule has 1 atom stereocenters. The molecule has 1 heterocycles. The van der Waals surface area contributed by atoms with Crippen LogP contribution in [0.25, 0.3) is 0 Å². The molecule has 2 rings (SSSR count). The quantitative estimate of drug-likeness (QED) is 0.655. The third-order valence-corrected chi connectivity index (χ3v) is 5.92. The first-order chi connectivity index (χ1) is 13.2. The van der Waals surface area contributed by atoms with E-state index in [9.17, 15) is 18.0 Å². The highest BCUT2D eigenvalue weighted by atomic mass is 32.2. The first-order valence-corrected chi connectivity index (χ1v) is 9.97. The normalized spacial score (nSPS) is 12.4. The molecule has 0 radical (unpaired) electrons. The van der Waals surface area contributed by atoms with Crippen molar-refractivity contribution >= 4 is 21.9 Å². The minimum atomic E-state index is -3.82. The summed E-state index contributed by atoms with van der Waals surface area (Å²) in [6, 6.07) is 8.84. The maximum Gasteiger partial charge on any atom is 0.328 e. The summed E-state index contributed by atoms with van der Waals surface area (Å²) in [6.45, 7) is 1.42. The lowest BCUT2D eigenvalue weighted by atomic mass is 10.1. The summed E-state index contributed by atoms with van der Waals surface area (Å²) in [5.41, 5.74) is 1.71. The van der Waals surface area contributed by atoms with Crippen LogP contribution in [0.2, 0.25) is 0 Å². The van der Waals surface area contributed by atoms with Crippen LogP contribution in [-0.2, 0) is 30.8 Å². The number of hydrogen-bond donors (Lipinski definition) is 1. The second-order valence-corrected chi connectivity index (χ2v) is 8.32. The lowest BCUT2D eigenvalue weighted by molar-refractivity contribution is -0.145. The van der Waals surface area contributed by atoms with Gasteiger partial charge in [-0.15, -0.1) is 0 Å². The molecular weight excluding hydrogens is 382 g/mol. The molecule has 1 N–H and O–H groups in total. The highest BCUT2D eigenvalue weighted by Crippen LogP contribution is 2.14. The summed E-state index contributed by atoms with van der Waals surface area (Å²) in [5.74, 6) is -1.23. The summed E-state index contributed by atoms with van der Waals surface area (Å²) in [6.07, 6.45) is 3.36. The maximum absolute atomic E-state index is 12.6. The van der Waals surface area contributed by atoms with Crippen molar-refractivity contribution in [3.8, 4) is 0 Å². The second-order valence-electron chi connectivity index (χ2n) is 6.28. The van der Waals surface area contributed by atoms with Crippen LogP contribution in [0.15, 0.2) is 53.7 Å². The van der Waals surface area contributed by atoms with Gasteiger partial charge in [0.05, 0.1) is 18.6 Å². The fourth-order valence-electron chi connectivity index (χ4n) is 2.51. The van der Waals surface area contributed by atoms with Gasteiger partial charge in [-0.2, -0.15) is 4.31 Å². The number of amides is 1. The van der Waals surface area contributed by atoms with Crippen molar-refractivity contribution in [1.82, 2.24) is 14.6 Å². The first-order valence-electron chi connectivity index (χ1n) is 8.53. The van der Waals surface area contributed by atoms with E-state index in [4.69, 9.17) is 4.74 Å². The van der Waals surface area contributed by atoms with Gasteiger partial charge in [0.2, 0.25) is 15.9 Å². The SMILES string of the molecule is COC(=O)C(Cc1ccncc1)NC(=O)CN(C)S(=O)(=O)c1ccc(C)cc1. The third-order valence-electron chi connectivity index (χ3n) is 4.11. The molecule has 28 heavy (non-hydrogen) atoms. The Kier molecular flexibility index (Phi) is 7.24. The molecule has 1 aromatic carbocycles. The van der Waals surface area contributed by atoms with Crippen LogP contribution in [0.1, 0.15) is 11.1 Å². The Labute approximate surface area is 164 Å². The van der Waals surface area contributed by atoms with E-state index in [1.807, 2.05) is 6.92 Å². The standard InChI is InChI=1S/C19H23N3O5S/c1-14-4-6-16(7-5-14)28(25,26)22(2)13-18(23)21-17(19(24)27-3)12-15-8-10-20-11-9-15/h4-11,17H,12-13H2,1-3H3,(H,21,23). The van der Waals surface area contributed by atoms with Crippen LogP contribution in [0.3, 0.4) is 0 Å². The molecule has 0 saturated heterocycles. The maximum atomic E-state index is 12.6. The minimum absolute atomic E-state index is 0.0923. The molecule has 0 aliphatic heterocycles. The van der Waals surface area contributed by atoms with Crippen LogP contribution in [-0.4, -0.2) is 56.3 Å². The van der Waals surface area contributed by atoms with Crippen LogP contribution >= 0.6 is 0 Å². The van der Waals surface area contributed by atoms with Crippen LogP contribution in [0.4, 0.5) is 0 Å². The summed E-state index contributed by atoms with van der Waals surface area (Å²) < 4.78 is 30.9. The van der Waals surface area contributed by atoms with Crippen molar-refractivity contribution in [1.29, 1.82) is 0 Å². The fraction of sp³-hybridized carbons (Fsp3) is 0.316. The number of likely N-dealkylation sites (N-methyl/N-ethyl adjacent to an activating group) is 1. The van der Waals surface area contributed by atoms with Gasteiger partial charge in [0.25, 0.3) is 0 Å². The predicted octanol–water partition coefficient (Wildman–Crippen LogP) is 0.911. The lowest BCUT2D eigenvalue weighted by Gasteiger charge is -2.20. The highest BCUT2D eigenvalue weighted by Gasteiger charge is 2.26. The molecule has 0 aliphatic carbocycles. The van der Waals surface area contributed by atoms with Gasteiger partial charge in [-0.25, -0.2) is 13.2 Å². The van der Waals surface area contributed by atoms with Gasteiger partial charge in [-0.05, 0) is 36.8 Å². The molecule has 1 aromatic heterocycles. The highest BCUT2D eigenvalue weighted by molar-refractivity contribution is 7.89. The van der Waals surface area contributed by atoms with E-state index in [2.05, 4.69) is 10.3 Å². The Morgan fingerprint density at radius 1 is 1.14 bits per heavy atom. The van der Waals surface area contributed by atoms with Gasteiger partial charge < -0.3 is 10.1 Å². The van der Waals surface area contributed by atoms with Gasteiger partial charge in [-0.3, -0.25) is 9.78 Å². The summed E-state index contributed by atoms with van der Waals surface area (Å²) in [7, 11) is -1.29. The Morgan fingerprint density at radius 2 is 1.75 bits per heavy atom. The topological polar surface area (TPSA) is 106 Å². The number of carbonyl (C=O) groups excluding carboxylic acids is 2. The molecule has 9 heteroatoms. The number of rotatable bonds is 8. The monoisotopic (exact) mass is 405 g/mol. The second kappa shape index (κ2) is 9.43. The number of aromatic nitrogens is 1. The first kappa shape index (κ1) is 21.5. The number of sulfonamides is 1. The van der Waals surface area contributed by atoms with Gasteiger partial charge in [-0.1, -0.05) is 17.7 Å². The van der Waals surface area contributed by atoms with E-state index < -0.39 is 34.5 Å². The molecule has 0 bridgehead atoms. The Hall–Kier alpha value is -2.78. The molecule has 1 unspecified atom stereocenters.